The Kier molecular flexibility index (Phi) is 3.75. The molecule has 0 aliphatic carbocycles. The summed E-state index contributed by atoms with van der Waals surface area (Å²) in [5.74, 6) is -0.690. The quantitative estimate of drug-likeness (QED) is 0.889. The lowest BCUT2D eigenvalue weighted by molar-refractivity contribution is 0.102. The van der Waals surface area contributed by atoms with Crippen molar-refractivity contribution in [2.24, 2.45) is 0 Å². The highest BCUT2D eigenvalue weighted by Gasteiger charge is 2.12. The number of nitrogen functional groups attached to an aromatic ring is 1. The third-order valence-corrected chi connectivity index (χ3v) is 3.01. The van der Waals surface area contributed by atoms with Crippen molar-refractivity contribution in [3.05, 3.63) is 46.1 Å². The van der Waals surface area contributed by atoms with Gasteiger partial charge in [-0.2, -0.15) is 0 Å². The molecule has 2 aromatic rings. The van der Waals surface area contributed by atoms with Crippen molar-refractivity contribution in [1.82, 2.24) is 9.97 Å². The number of hydrogen-bond acceptors (Lipinski definition) is 4. The highest BCUT2D eigenvalue weighted by molar-refractivity contribution is 9.10. The van der Waals surface area contributed by atoms with Gasteiger partial charge in [-0.15, -0.1) is 0 Å². The number of nitrogens with zero attached hydrogens (tertiary/aromatic N) is 2. The molecule has 0 saturated carbocycles. The molecule has 0 aliphatic rings. The molecule has 7 heteroatoms. The van der Waals surface area contributed by atoms with Crippen LogP contribution in [-0.2, 0) is 0 Å². The zero-order valence-corrected chi connectivity index (χ0v) is 11.5. The van der Waals surface area contributed by atoms with Crippen molar-refractivity contribution in [3.8, 4) is 0 Å². The van der Waals surface area contributed by atoms with E-state index in [1.807, 2.05) is 0 Å². The summed E-state index contributed by atoms with van der Waals surface area (Å²) < 4.78 is 13.5. The maximum Gasteiger partial charge on any atom is 0.275 e. The predicted octanol–water partition coefficient (Wildman–Crippen LogP) is 2.52. The van der Waals surface area contributed by atoms with E-state index in [4.69, 9.17) is 5.73 Å². The third kappa shape index (κ3) is 3.05. The van der Waals surface area contributed by atoms with E-state index in [1.54, 1.807) is 6.92 Å². The number of halogens is 2. The predicted molar refractivity (Wildman–Crippen MR) is 73.2 cm³/mol. The third-order valence-electron chi connectivity index (χ3n) is 2.40. The van der Waals surface area contributed by atoms with Gasteiger partial charge in [-0.1, -0.05) is 0 Å². The summed E-state index contributed by atoms with van der Waals surface area (Å²) in [6.07, 6.45) is 2.65. The monoisotopic (exact) mass is 324 g/mol. The van der Waals surface area contributed by atoms with E-state index in [9.17, 15) is 9.18 Å². The van der Waals surface area contributed by atoms with E-state index >= 15 is 0 Å². The van der Waals surface area contributed by atoms with Gasteiger partial charge < -0.3 is 11.1 Å². The molecule has 0 spiro atoms. The first-order chi connectivity index (χ1) is 8.97. The van der Waals surface area contributed by atoms with E-state index < -0.39 is 5.91 Å². The highest BCUT2D eigenvalue weighted by Crippen LogP contribution is 2.24. The number of carbonyl (C=O) groups is 1. The molecule has 0 fully saturated rings. The molecule has 2 rings (SSSR count). The molecule has 1 aromatic heterocycles. The Balaban J connectivity index is 2.27. The molecule has 1 aromatic carbocycles. The van der Waals surface area contributed by atoms with Gasteiger partial charge in [0.05, 0.1) is 16.9 Å². The number of anilines is 2. The van der Waals surface area contributed by atoms with Crippen molar-refractivity contribution >= 4 is 33.3 Å². The lowest BCUT2D eigenvalue weighted by Gasteiger charge is -2.09. The Morgan fingerprint density at radius 2 is 2.16 bits per heavy atom. The Labute approximate surface area is 117 Å². The first kappa shape index (κ1) is 13.4. The second-order valence-electron chi connectivity index (χ2n) is 3.86. The number of amides is 1. The van der Waals surface area contributed by atoms with E-state index in [0.29, 0.717) is 11.3 Å². The summed E-state index contributed by atoms with van der Waals surface area (Å²) in [6.45, 7) is 1.69. The standard InChI is InChI=1S/C12H10BrFN4O/c1-6-2-8(14)7(13)3-9(6)18-12(19)10-4-16-5-11(15)17-10/h2-5H,1H3,(H2,15,17)(H,18,19). The second-order valence-corrected chi connectivity index (χ2v) is 4.72. The number of hydrogen-bond donors (Lipinski definition) is 2. The Hall–Kier alpha value is -2.02. The van der Waals surface area contributed by atoms with Gasteiger partial charge >= 0.3 is 0 Å². The van der Waals surface area contributed by atoms with Crippen LogP contribution in [0, 0.1) is 12.7 Å². The molecule has 98 valence electrons. The van der Waals surface area contributed by atoms with E-state index in [0.717, 1.165) is 0 Å². The Morgan fingerprint density at radius 3 is 2.84 bits per heavy atom. The second kappa shape index (κ2) is 5.31. The Morgan fingerprint density at radius 1 is 1.42 bits per heavy atom. The molecular weight excluding hydrogens is 315 g/mol. The van der Waals surface area contributed by atoms with Gasteiger partial charge in [0.15, 0.2) is 0 Å². The highest BCUT2D eigenvalue weighted by atomic mass is 79.9. The molecule has 0 unspecified atom stereocenters. The van der Waals surface area contributed by atoms with Crippen LogP contribution in [-0.4, -0.2) is 15.9 Å². The number of nitrogens with one attached hydrogen (secondary N) is 1. The summed E-state index contributed by atoms with van der Waals surface area (Å²) in [7, 11) is 0. The first-order valence-electron chi connectivity index (χ1n) is 5.32. The van der Waals surface area contributed by atoms with E-state index in [-0.39, 0.29) is 21.8 Å². The maximum absolute atomic E-state index is 13.3. The van der Waals surface area contributed by atoms with E-state index in [1.165, 1.54) is 24.5 Å². The van der Waals surface area contributed by atoms with Gasteiger partial charge in [0.2, 0.25) is 0 Å². The molecule has 19 heavy (non-hydrogen) atoms. The van der Waals surface area contributed by atoms with Crippen LogP contribution in [0.5, 0.6) is 0 Å². The van der Waals surface area contributed by atoms with Crippen molar-refractivity contribution in [1.29, 1.82) is 0 Å². The van der Waals surface area contributed by atoms with Crippen LogP contribution in [0.25, 0.3) is 0 Å². The van der Waals surface area contributed by atoms with Crippen molar-refractivity contribution in [2.75, 3.05) is 11.1 Å². The van der Waals surface area contributed by atoms with Crippen molar-refractivity contribution in [2.45, 2.75) is 6.92 Å². The number of rotatable bonds is 2. The summed E-state index contributed by atoms with van der Waals surface area (Å²) in [6, 6.07) is 2.81. The summed E-state index contributed by atoms with van der Waals surface area (Å²) in [4.78, 5) is 19.6. The molecule has 0 saturated heterocycles. The molecule has 1 amide bonds. The van der Waals surface area contributed by atoms with Crippen LogP contribution >= 0.6 is 15.9 Å². The van der Waals surface area contributed by atoms with Gasteiger partial charge in [0.25, 0.3) is 5.91 Å². The molecule has 0 aliphatic heterocycles. The number of nitrogens with two attached hydrogens (primary N) is 1. The number of benzene rings is 1. The average Bonchev–Trinajstić information content (AvgIpc) is 2.36. The van der Waals surface area contributed by atoms with Crippen LogP contribution < -0.4 is 11.1 Å². The smallest absolute Gasteiger partial charge is 0.275 e. The minimum absolute atomic E-state index is 0.0971. The minimum atomic E-state index is -0.457. The number of aromatic nitrogens is 2. The van der Waals surface area contributed by atoms with Crippen LogP contribution in [0.3, 0.4) is 0 Å². The van der Waals surface area contributed by atoms with Gasteiger partial charge in [0.1, 0.15) is 17.3 Å². The van der Waals surface area contributed by atoms with Gasteiger partial charge in [-0.05, 0) is 40.5 Å². The zero-order valence-electron chi connectivity index (χ0n) is 9.95. The normalized spacial score (nSPS) is 10.3. The van der Waals surface area contributed by atoms with Crippen LogP contribution in [0.2, 0.25) is 0 Å². The number of aryl methyl sites for hydroxylation is 1. The van der Waals surface area contributed by atoms with Crippen LogP contribution in [0.15, 0.2) is 29.0 Å². The fourth-order valence-corrected chi connectivity index (χ4v) is 1.80. The van der Waals surface area contributed by atoms with Crippen LogP contribution in [0.1, 0.15) is 16.1 Å². The Bertz CT molecular complexity index is 648. The lowest BCUT2D eigenvalue weighted by Crippen LogP contribution is -2.15. The maximum atomic E-state index is 13.3. The fourth-order valence-electron chi connectivity index (χ4n) is 1.46. The molecule has 0 bridgehead atoms. The average molecular weight is 325 g/mol. The lowest BCUT2D eigenvalue weighted by atomic mass is 10.2. The van der Waals surface area contributed by atoms with Gasteiger partial charge in [0, 0.05) is 5.69 Å². The van der Waals surface area contributed by atoms with Gasteiger partial charge in [-0.3, -0.25) is 9.78 Å². The fraction of sp³-hybridized carbons (Fsp3) is 0.0833. The van der Waals surface area contributed by atoms with Crippen LogP contribution in [0.4, 0.5) is 15.9 Å². The topological polar surface area (TPSA) is 80.9 Å². The SMILES string of the molecule is Cc1cc(F)c(Br)cc1NC(=O)c1cncc(N)n1. The molecule has 1 heterocycles. The van der Waals surface area contributed by atoms with Gasteiger partial charge in [-0.25, -0.2) is 9.37 Å². The summed E-state index contributed by atoms with van der Waals surface area (Å²) in [5.41, 5.74) is 6.64. The molecule has 0 radical (unpaired) electrons. The summed E-state index contributed by atoms with van der Waals surface area (Å²) in [5, 5.41) is 2.63. The zero-order chi connectivity index (χ0) is 14.0. The molecule has 5 nitrogen and oxygen atoms in total. The van der Waals surface area contributed by atoms with Crippen molar-refractivity contribution in [3.63, 3.8) is 0 Å². The minimum Gasteiger partial charge on any atom is -0.382 e. The number of carbonyl (C=O) groups excluding carboxylic acids is 1. The molecule has 3 N–H and O–H groups in total. The van der Waals surface area contributed by atoms with E-state index in [2.05, 4.69) is 31.2 Å². The molecular formula is C12H10BrFN4O. The first-order valence-corrected chi connectivity index (χ1v) is 6.11. The van der Waals surface area contributed by atoms with Crippen molar-refractivity contribution < 1.29 is 9.18 Å². The molecule has 0 atom stereocenters. The largest absolute Gasteiger partial charge is 0.382 e. The summed E-state index contributed by atoms with van der Waals surface area (Å²) >= 11 is 3.06.